The largest absolute Gasteiger partial charge is 0.462 e. The zero-order chi connectivity index (χ0) is 15.3. The van der Waals surface area contributed by atoms with Gasteiger partial charge in [-0.05, 0) is 37.8 Å². The van der Waals surface area contributed by atoms with E-state index in [-0.39, 0.29) is 18.0 Å². The van der Waals surface area contributed by atoms with E-state index in [1.54, 1.807) is 0 Å². The van der Waals surface area contributed by atoms with Gasteiger partial charge >= 0.3 is 5.97 Å². The number of carbonyl (C=O) groups excluding carboxylic acids is 1. The van der Waals surface area contributed by atoms with Crippen molar-refractivity contribution < 1.29 is 9.53 Å². The molecule has 1 rings (SSSR count). The number of hydrogen-bond donors (Lipinski definition) is 0. The van der Waals surface area contributed by atoms with Gasteiger partial charge in [0.15, 0.2) is 0 Å². The third-order valence-corrected chi connectivity index (χ3v) is 4.15. The summed E-state index contributed by atoms with van der Waals surface area (Å²) in [5, 5.41) is 0. The molecule has 0 aliphatic carbocycles. The molecular weight excluding hydrogens is 248 g/mol. The molecule has 0 aliphatic heterocycles. The SMILES string of the molecule is CCC(=O)OC(C)C(c1ccc(C)cc1C)C(C)CC. The van der Waals surface area contributed by atoms with Crippen molar-refractivity contribution in [3.8, 4) is 0 Å². The summed E-state index contributed by atoms with van der Waals surface area (Å²) in [5.74, 6) is 0.628. The lowest BCUT2D eigenvalue weighted by Crippen LogP contribution is -2.27. The predicted octanol–water partition coefficient (Wildman–Crippen LogP) is 4.77. The van der Waals surface area contributed by atoms with Crippen LogP contribution in [0, 0.1) is 19.8 Å². The standard InChI is InChI=1S/C18H28O2/c1-7-13(4)18(15(6)20-17(19)8-2)16-10-9-12(3)11-14(16)5/h9-11,13,15,18H,7-8H2,1-6H3. The van der Waals surface area contributed by atoms with E-state index in [4.69, 9.17) is 4.74 Å². The molecule has 0 bridgehead atoms. The van der Waals surface area contributed by atoms with Crippen LogP contribution < -0.4 is 0 Å². The van der Waals surface area contributed by atoms with Crippen molar-refractivity contribution in [2.45, 2.75) is 66.4 Å². The van der Waals surface area contributed by atoms with Crippen LogP contribution in [-0.2, 0) is 9.53 Å². The van der Waals surface area contributed by atoms with Gasteiger partial charge in [-0.3, -0.25) is 4.79 Å². The van der Waals surface area contributed by atoms with Gasteiger partial charge in [-0.15, -0.1) is 0 Å². The molecule has 0 radical (unpaired) electrons. The van der Waals surface area contributed by atoms with Crippen molar-refractivity contribution in [2.24, 2.45) is 5.92 Å². The van der Waals surface area contributed by atoms with E-state index >= 15 is 0 Å². The Kier molecular flexibility index (Phi) is 6.25. The van der Waals surface area contributed by atoms with Crippen LogP contribution >= 0.6 is 0 Å². The maximum atomic E-state index is 11.6. The van der Waals surface area contributed by atoms with Crippen LogP contribution in [0.3, 0.4) is 0 Å². The number of aryl methyl sites for hydroxylation is 2. The lowest BCUT2D eigenvalue weighted by atomic mass is 9.80. The Labute approximate surface area is 123 Å². The smallest absolute Gasteiger partial charge is 0.305 e. The number of rotatable bonds is 6. The van der Waals surface area contributed by atoms with Crippen molar-refractivity contribution in [1.82, 2.24) is 0 Å². The van der Waals surface area contributed by atoms with Gasteiger partial charge in [0.2, 0.25) is 0 Å². The minimum atomic E-state index is -0.115. The minimum Gasteiger partial charge on any atom is -0.462 e. The normalized spacial score (nSPS) is 15.5. The van der Waals surface area contributed by atoms with Gasteiger partial charge in [-0.25, -0.2) is 0 Å². The van der Waals surface area contributed by atoms with Crippen LogP contribution in [-0.4, -0.2) is 12.1 Å². The number of esters is 1. The molecule has 2 heteroatoms. The topological polar surface area (TPSA) is 26.3 Å². The third kappa shape index (κ3) is 4.09. The summed E-state index contributed by atoms with van der Waals surface area (Å²) in [6.07, 6.45) is 1.43. The Morgan fingerprint density at radius 3 is 2.35 bits per heavy atom. The summed E-state index contributed by atoms with van der Waals surface area (Å²) < 4.78 is 5.59. The Bertz CT molecular complexity index is 451. The van der Waals surface area contributed by atoms with Gasteiger partial charge in [-0.2, -0.15) is 0 Å². The van der Waals surface area contributed by atoms with E-state index in [9.17, 15) is 4.79 Å². The highest BCUT2D eigenvalue weighted by molar-refractivity contribution is 5.69. The molecule has 0 aromatic heterocycles. The first-order chi connectivity index (χ1) is 9.40. The van der Waals surface area contributed by atoms with Crippen LogP contribution in [0.5, 0.6) is 0 Å². The van der Waals surface area contributed by atoms with Crippen molar-refractivity contribution >= 4 is 5.97 Å². The predicted molar refractivity (Wildman–Crippen MR) is 84.0 cm³/mol. The van der Waals surface area contributed by atoms with E-state index in [2.05, 4.69) is 45.9 Å². The second-order valence-electron chi connectivity index (χ2n) is 5.82. The second kappa shape index (κ2) is 7.47. The molecule has 0 heterocycles. The highest BCUT2D eigenvalue weighted by atomic mass is 16.5. The quantitative estimate of drug-likeness (QED) is 0.699. The van der Waals surface area contributed by atoms with E-state index in [0.29, 0.717) is 12.3 Å². The molecule has 0 spiro atoms. The summed E-state index contributed by atoms with van der Waals surface area (Å²) >= 11 is 0. The molecule has 0 N–H and O–H groups in total. The van der Waals surface area contributed by atoms with Crippen molar-refractivity contribution in [2.75, 3.05) is 0 Å². The summed E-state index contributed by atoms with van der Waals surface area (Å²) in [6.45, 7) is 12.5. The highest BCUT2D eigenvalue weighted by Gasteiger charge is 2.28. The fourth-order valence-corrected chi connectivity index (χ4v) is 2.84. The molecule has 0 fully saturated rings. The molecule has 1 aromatic carbocycles. The molecule has 3 atom stereocenters. The number of ether oxygens (including phenoxy) is 1. The lowest BCUT2D eigenvalue weighted by Gasteiger charge is -2.30. The molecule has 0 amide bonds. The van der Waals surface area contributed by atoms with E-state index in [0.717, 1.165) is 6.42 Å². The van der Waals surface area contributed by atoms with Crippen LogP contribution in [0.15, 0.2) is 18.2 Å². The Hall–Kier alpha value is -1.31. The molecule has 2 nitrogen and oxygen atoms in total. The first-order valence-electron chi connectivity index (χ1n) is 7.67. The third-order valence-electron chi connectivity index (χ3n) is 4.15. The fraction of sp³-hybridized carbons (Fsp3) is 0.611. The fourth-order valence-electron chi connectivity index (χ4n) is 2.84. The Morgan fingerprint density at radius 1 is 1.20 bits per heavy atom. The van der Waals surface area contributed by atoms with Crippen LogP contribution in [0.2, 0.25) is 0 Å². The van der Waals surface area contributed by atoms with E-state index < -0.39 is 0 Å². The van der Waals surface area contributed by atoms with Gasteiger partial charge in [0.05, 0.1) is 0 Å². The molecule has 3 unspecified atom stereocenters. The lowest BCUT2D eigenvalue weighted by molar-refractivity contribution is -0.149. The summed E-state index contributed by atoms with van der Waals surface area (Å²) in [6, 6.07) is 6.54. The number of benzene rings is 1. The summed E-state index contributed by atoms with van der Waals surface area (Å²) in [7, 11) is 0. The van der Waals surface area contributed by atoms with Crippen molar-refractivity contribution in [3.05, 3.63) is 34.9 Å². The van der Waals surface area contributed by atoms with Gasteiger partial charge in [0.25, 0.3) is 0 Å². The molecule has 0 saturated carbocycles. The number of carbonyl (C=O) groups is 1. The van der Waals surface area contributed by atoms with Crippen LogP contribution in [0.4, 0.5) is 0 Å². The molecule has 0 saturated heterocycles. The molecule has 1 aromatic rings. The van der Waals surface area contributed by atoms with E-state index in [1.165, 1.54) is 16.7 Å². The Morgan fingerprint density at radius 2 is 1.85 bits per heavy atom. The average Bonchev–Trinajstić information content (AvgIpc) is 2.40. The highest BCUT2D eigenvalue weighted by Crippen LogP contribution is 2.34. The van der Waals surface area contributed by atoms with Crippen LogP contribution in [0.25, 0.3) is 0 Å². The average molecular weight is 276 g/mol. The monoisotopic (exact) mass is 276 g/mol. The number of hydrogen-bond acceptors (Lipinski definition) is 2. The first kappa shape index (κ1) is 16.7. The minimum absolute atomic E-state index is 0.0844. The summed E-state index contributed by atoms with van der Waals surface area (Å²) in [5.41, 5.74) is 3.86. The maximum Gasteiger partial charge on any atom is 0.305 e. The molecule has 0 aliphatic rings. The van der Waals surface area contributed by atoms with Crippen LogP contribution in [0.1, 0.15) is 63.1 Å². The molecular formula is C18H28O2. The van der Waals surface area contributed by atoms with E-state index in [1.807, 2.05) is 13.8 Å². The van der Waals surface area contributed by atoms with Crippen molar-refractivity contribution in [3.63, 3.8) is 0 Å². The molecule has 112 valence electrons. The van der Waals surface area contributed by atoms with Crippen molar-refractivity contribution in [1.29, 1.82) is 0 Å². The zero-order valence-electron chi connectivity index (χ0n) is 13.7. The van der Waals surface area contributed by atoms with Gasteiger partial charge in [0, 0.05) is 12.3 Å². The zero-order valence-corrected chi connectivity index (χ0v) is 13.7. The van der Waals surface area contributed by atoms with Gasteiger partial charge in [0.1, 0.15) is 6.10 Å². The second-order valence-corrected chi connectivity index (χ2v) is 5.82. The molecule has 20 heavy (non-hydrogen) atoms. The van der Waals surface area contributed by atoms with Gasteiger partial charge in [-0.1, -0.05) is 51.0 Å². The maximum absolute atomic E-state index is 11.6. The Balaban J connectivity index is 3.08. The first-order valence-corrected chi connectivity index (χ1v) is 7.67. The summed E-state index contributed by atoms with van der Waals surface area (Å²) in [4.78, 5) is 11.6. The van der Waals surface area contributed by atoms with Gasteiger partial charge < -0.3 is 4.74 Å².